The number of ether oxygens (including phenoxy) is 2. The molecule has 2 nitrogen and oxygen atoms in total. The highest BCUT2D eigenvalue weighted by Crippen LogP contribution is 2.29. The molecule has 2 aromatic rings. The Morgan fingerprint density at radius 3 is 1.79 bits per heavy atom. The van der Waals surface area contributed by atoms with Crippen molar-refractivity contribution in [2.24, 2.45) is 0 Å². The fourth-order valence-corrected chi connectivity index (χ4v) is 4.85. The van der Waals surface area contributed by atoms with E-state index in [0.717, 1.165) is 21.3 Å². The quantitative estimate of drug-likeness (QED) is 0.781. The van der Waals surface area contributed by atoms with Crippen molar-refractivity contribution in [2.45, 2.75) is 9.79 Å². The van der Waals surface area contributed by atoms with Gasteiger partial charge in [0.25, 0.3) is 0 Å². The minimum atomic E-state index is -0.300. The lowest BCUT2D eigenvalue weighted by Crippen LogP contribution is -1.87. The van der Waals surface area contributed by atoms with E-state index >= 15 is 0 Å². The highest BCUT2D eigenvalue weighted by molar-refractivity contribution is 8.82. The summed E-state index contributed by atoms with van der Waals surface area (Å²) < 4.78 is 10.3. The third-order valence-corrected chi connectivity index (χ3v) is 6.55. The molecule has 0 radical (unpaired) electrons. The van der Waals surface area contributed by atoms with Crippen LogP contribution < -0.4 is 9.47 Å². The van der Waals surface area contributed by atoms with Gasteiger partial charge in [-0.05, 0) is 79.0 Å². The molecule has 2 rings (SSSR count). The number of benzene rings is 2. The summed E-state index contributed by atoms with van der Waals surface area (Å²) in [7, 11) is 4.70. The molecule has 0 aliphatic rings. The molecule has 0 saturated heterocycles. The maximum absolute atomic E-state index is 5.55. The molecule has 2 aromatic carbocycles. The van der Waals surface area contributed by atoms with Gasteiger partial charge in [-0.25, -0.2) is 0 Å². The molecule has 5 heteroatoms. The van der Waals surface area contributed by atoms with Crippen LogP contribution in [0.5, 0.6) is 11.5 Å². The van der Waals surface area contributed by atoms with Crippen molar-refractivity contribution in [2.75, 3.05) is 14.2 Å². The van der Waals surface area contributed by atoms with E-state index in [1.54, 1.807) is 25.0 Å². The summed E-state index contributed by atoms with van der Waals surface area (Å²) in [6, 6.07) is 15.9. The zero-order chi connectivity index (χ0) is 13.7. The molecule has 0 aromatic heterocycles. The van der Waals surface area contributed by atoms with Crippen molar-refractivity contribution in [3.05, 3.63) is 48.5 Å². The van der Waals surface area contributed by atoms with E-state index < -0.39 is 0 Å². The van der Waals surface area contributed by atoms with E-state index in [-0.39, 0.29) is 8.49 Å². The van der Waals surface area contributed by atoms with Gasteiger partial charge in [0.05, 0.1) is 14.2 Å². The van der Waals surface area contributed by atoms with Crippen molar-refractivity contribution >= 4 is 30.5 Å². The molecule has 1 unspecified atom stereocenters. The molecule has 1 atom stereocenters. The Morgan fingerprint density at radius 1 is 0.842 bits per heavy atom. The SMILES string of the molecule is COc1ccc(SS(=S)c2ccc(OC)cc2)cc1. The largest absolute Gasteiger partial charge is 0.497 e. The Kier molecular flexibility index (Phi) is 5.24. The van der Waals surface area contributed by atoms with Crippen molar-refractivity contribution in [3.63, 3.8) is 0 Å². The van der Waals surface area contributed by atoms with Gasteiger partial charge in [0.2, 0.25) is 0 Å². The summed E-state index contributed by atoms with van der Waals surface area (Å²) in [5.41, 5.74) is 0. The highest BCUT2D eigenvalue weighted by atomic mass is 33.3. The van der Waals surface area contributed by atoms with Gasteiger partial charge >= 0.3 is 0 Å². The van der Waals surface area contributed by atoms with Gasteiger partial charge in [-0.15, -0.1) is 0 Å². The average molecular weight is 310 g/mol. The lowest BCUT2D eigenvalue weighted by molar-refractivity contribution is 0.414. The van der Waals surface area contributed by atoms with Gasteiger partial charge in [-0.2, -0.15) is 0 Å². The van der Waals surface area contributed by atoms with Crippen LogP contribution >= 0.6 is 10.8 Å². The van der Waals surface area contributed by atoms with Crippen LogP contribution in [0.15, 0.2) is 58.3 Å². The number of hydrogen-bond donors (Lipinski definition) is 0. The molecule has 0 fully saturated rings. The predicted octanol–water partition coefficient (Wildman–Crippen LogP) is 3.85. The molecule has 0 aliphatic carbocycles. The van der Waals surface area contributed by atoms with Gasteiger partial charge < -0.3 is 9.47 Å². The van der Waals surface area contributed by atoms with Crippen LogP contribution in [0, 0.1) is 0 Å². The standard InChI is InChI=1S/C14H14O2S3/c1-15-11-3-7-13(8-4-11)18-19(17)14-9-5-12(16-2)6-10-14/h3-10H,1-2H3. The number of rotatable bonds is 5. The van der Waals surface area contributed by atoms with E-state index in [1.165, 1.54) is 0 Å². The molecule has 0 saturated carbocycles. The van der Waals surface area contributed by atoms with E-state index in [2.05, 4.69) is 0 Å². The smallest absolute Gasteiger partial charge is 0.118 e. The van der Waals surface area contributed by atoms with Crippen LogP contribution in [0.4, 0.5) is 0 Å². The summed E-state index contributed by atoms with van der Waals surface area (Å²) in [6.07, 6.45) is 0. The van der Waals surface area contributed by atoms with E-state index in [0.29, 0.717) is 0 Å². The van der Waals surface area contributed by atoms with Crippen molar-refractivity contribution < 1.29 is 9.47 Å². The van der Waals surface area contributed by atoms with Gasteiger partial charge in [0, 0.05) is 9.79 Å². The van der Waals surface area contributed by atoms with E-state index in [1.807, 2.05) is 48.5 Å². The zero-order valence-corrected chi connectivity index (χ0v) is 13.1. The molecule has 0 amide bonds. The minimum Gasteiger partial charge on any atom is -0.497 e. The molecule has 0 spiro atoms. The van der Waals surface area contributed by atoms with Crippen molar-refractivity contribution in [1.82, 2.24) is 0 Å². The third kappa shape index (κ3) is 3.96. The Hall–Kier alpha value is -1.04. The average Bonchev–Trinajstić information content (AvgIpc) is 2.48. The topological polar surface area (TPSA) is 18.5 Å². The van der Waals surface area contributed by atoms with E-state index in [9.17, 15) is 0 Å². The van der Waals surface area contributed by atoms with Crippen LogP contribution in [0.3, 0.4) is 0 Å². The van der Waals surface area contributed by atoms with Crippen LogP contribution in [-0.2, 0) is 19.7 Å². The highest BCUT2D eigenvalue weighted by Gasteiger charge is 2.03. The van der Waals surface area contributed by atoms with Crippen molar-refractivity contribution in [1.29, 1.82) is 0 Å². The Labute approximate surface area is 124 Å². The maximum Gasteiger partial charge on any atom is 0.118 e. The molecule has 0 bridgehead atoms. The number of methoxy groups -OCH3 is 2. The molecule has 0 aliphatic heterocycles. The Bertz CT molecular complexity index is 550. The summed E-state index contributed by atoms with van der Waals surface area (Å²) >= 11 is 5.55. The summed E-state index contributed by atoms with van der Waals surface area (Å²) in [6.45, 7) is 0. The molecule has 0 N–H and O–H groups in total. The monoisotopic (exact) mass is 310 g/mol. The second-order valence-corrected chi connectivity index (χ2v) is 8.38. The Morgan fingerprint density at radius 2 is 1.32 bits per heavy atom. The molecular weight excluding hydrogens is 296 g/mol. The maximum atomic E-state index is 5.55. The van der Waals surface area contributed by atoms with Gasteiger partial charge in [-0.3, -0.25) is 0 Å². The summed E-state index contributed by atoms with van der Waals surface area (Å²) in [5.74, 6) is 1.71. The second kappa shape index (κ2) is 6.93. The molecule has 19 heavy (non-hydrogen) atoms. The van der Waals surface area contributed by atoms with Crippen LogP contribution in [0.25, 0.3) is 0 Å². The van der Waals surface area contributed by atoms with Crippen LogP contribution in [0.1, 0.15) is 0 Å². The van der Waals surface area contributed by atoms with Crippen molar-refractivity contribution in [3.8, 4) is 11.5 Å². The van der Waals surface area contributed by atoms with Gasteiger partial charge in [0.15, 0.2) is 0 Å². The van der Waals surface area contributed by atoms with Crippen LogP contribution in [0.2, 0.25) is 0 Å². The van der Waals surface area contributed by atoms with Crippen LogP contribution in [-0.4, -0.2) is 14.2 Å². The molecule has 100 valence electrons. The third-order valence-electron chi connectivity index (χ3n) is 2.48. The van der Waals surface area contributed by atoms with E-state index in [4.69, 9.17) is 20.7 Å². The summed E-state index contributed by atoms with van der Waals surface area (Å²) in [5, 5.41) is 0. The first-order valence-corrected chi connectivity index (χ1v) is 9.09. The van der Waals surface area contributed by atoms with Gasteiger partial charge in [0.1, 0.15) is 11.5 Å². The zero-order valence-electron chi connectivity index (χ0n) is 10.7. The fraction of sp³-hybridized carbons (Fsp3) is 0.143. The lowest BCUT2D eigenvalue weighted by atomic mass is 10.3. The molecular formula is C14H14O2S3. The normalized spacial score (nSPS) is 11.9. The van der Waals surface area contributed by atoms with Gasteiger partial charge in [-0.1, -0.05) is 0 Å². The minimum absolute atomic E-state index is 0.300. The lowest BCUT2D eigenvalue weighted by Gasteiger charge is -2.07. The Balaban J connectivity index is 2.06. The number of hydrogen-bond acceptors (Lipinski definition) is 4. The molecule has 0 heterocycles. The second-order valence-electron chi connectivity index (χ2n) is 3.67. The first kappa shape index (κ1) is 14.4. The predicted molar refractivity (Wildman–Crippen MR) is 84.8 cm³/mol. The fourth-order valence-electron chi connectivity index (χ4n) is 1.45. The first-order valence-electron chi connectivity index (χ1n) is 5.61. The summed E-state index contributed by atoms with van der Waals surface area (Å²) in [4.78, 5) is 2.28. The first-order chi connectivity index (χ1) is 9.22.